The molecule has 0 aliphatic carbocycles. The van der Waals surface area contributed by atoms with Gasteiger partial charge in [0.2, 0.25) is 0 Å². The van der Waals surface area contributed by atoms with Crippen LogP contribution < -0.4 is 5.32 Å². The fraction of sp³-hybridized carbons (Fsp3) is 0.435. The first-order valence-electron chi connectivity index (χ1n) is 10.4. The topological polar surface area (TPSA) is 59.3 Å². The largest absolute Gasteiger partial charge is 0.352 e. The predicted octanol–water partition coefficient (Wildman–Crippen LogP) is 4.97. The molecule has 1 N–H and O–H groups in total. The molecule has 0 atom stereocenters. The van der Waals surface area contributed by atoms with E-state index in [1.165, 1.54) is 12.8 Å². The molecule has 2 aromatic heterocycles. The van der Waals surface area contributed by atoms with Crippen LogP contribution in [0.15, 0.2) is 36.5 Å². The number of nitrogens with zero attached hydrogens (tertiary/aromatic N) is 3. The van der Waals surface area contributed by atoms with E-state index in [9.17, 15) is 4.79 Å². The zero-order valence-electron chi connectivity index (χ0n) is 17.2. The Balaban J connectivity index is 1.94. The fourth-order valence-corrected chi connectivity index (χ4v) is 3.60. The van der Waals surface area contributed by atoms with Crippen LogP contribution in [-0.4, -0.2) is 27.0 Å². The molecule has 0 aliphatic rings. The van der Waals surface area contributed by atoms with Gasteiger partial charge in [0.25, 0.3) is 5.91 Å². The van der Waals surface area contributed by atoms with Crippen LogP contribution in [0.2, 0.25) is 0 Å². The number of aryl methyl sites for hydroxylation is 2. The average molecular weight is 379 g/mol. The number of rotatable bonds is 9. The van der Waals surface area contributed by atoms with Gasteiger partial charge in [0.1, 0.15) is 0 Å². The van der Waals surface area contributed by atoms with Crippen LogP contribution in [0.5, 0.6) is 0 Å². The molecule has 0 spiro atoms. The average Bonchev–Trinajstić information content (AvgIpc) is 3.05. The van der Waals surface area contributed by atoms with Crippen molar-refractivity contribution in [3.05, 3.63) is 53.5 Å². The Morgan fingerprint density at radius 3 is 2.57 bits per heavy atom. The van der Waals surface area contributed by atoms with Crippen LogP contribution in [0, 0.1) is 6.92 Å². The fourth-order valence-electron chi connectivity index (χ4n) is 3.60. The molecule has 0 fully saturated rings. The molecule has 5 nitrogen and oxygen atoms in total. The number of benzene rings is 1. The van der Waals surface area contributed by atoms with E-state index in [-0.39, 0.29) is 5.91 Å². The van der Waals surface area contributed by atoms with Gasteiger partial charge in [-0.2, -0.15) is 5.10 Å². The minimum atomic E-state index is -0.0521. The second-order valence-electron chi connectivity index (χ2n) is 7.25. The lowest BCUT2D eigenvalue weighted by Crippen LogP contribution is -2.27. The lowest BCUT2D eigenvalue weighted by Gasteiger charge is -2.11. The van der Waals surface area contributed by atoms with Gasteiger partial charge in [0.05, 0.1) is 17.0 Å². The van der Waals surface area contributed by atoms with Crippen molar-refractivity contribution < 1.29 is 4.79 Å². The second kappa shape index (κ2) is 9.49. The van der Waals surface area contributed by atoms with Crippen molar-refractivity contribution in [3.8, 4) is 11.1 Å². The second-order valence-corrected chi connectivity index (χ2v) is 7.25. The molecule has 0 radical (unpaired) electrons. The third-order valence-electron chi connectivity index (χ3n) is 5.03. The number of aromatic nitrogens is 3. The molecule has 0 saturated carbocycles. The molecular weight excluding hydrogens is 348 g/mol. The first-order chi connectivity index (χ1) is 13.7. The quantitative estimate of drug-likeness (QED) is 0.535. The monoisotopic (exact) mass is 378 g/mol. The lowest BCUT2D eigenvalue weighted by molar-refractivity contribution is 0.0951. The molecule has 0 bridgehead atoms. The third-order valence-corrected chi connectivity index (χ3v) is 5.03. The van der Waals surface area contributed by atoms with E-state index in [2.05, 4.69) is 36.3 Å². The Hall–Kier alpha value is -2.69. The van der Waals surface area contributed by atoms with Crippen molar-refractivity contribution in [2.45, 2.75) is 59.3 Å². The number of carbonyl (C=O) groups excluding carboxylic acids is 1. The third kappa shape index (κ3) is 4.24. The first kappa shape index (κ1) is 20.1. The summed E-state index contributed by atoms with van der Waals surface area (Å²) < 4.78 is 1.87. The summed E-state index contributed by atoms with van der Waals surface area (Å²) >= 11 is 0. The summed E-state index contributed by atoms with van der Waals surface area (Å²) in [6.45, 7) is 7.01. The van der Waals surface area contributed by atoms with Gasteiger partial charge in [0.15, 0.2) is 5.65 Å². The highest BCUT2D eigenvalue weighted by atomic mass is 16.1. The van der Waals surface area contributed by atoms with Gasteiger partial charge in [0, 0.05) is 18.3 Å². The maximum atomic E-state index is 12.8. The van der Waals surface area contributed by atoms with Crippen molar-refractivity contribution >= 4 is 11.6 Å². The number of fused-ring (bicyclic) bond motifs is 1. The number of hydrogen-bond acceptors (Lipinski definition) is 3. The van der Waals surface area contributed by atoms with Gasteiger partial charge in [-0.25, -0.2) is 9.50 Å². The van der Waals surface area contributed by atoms with E-state index in [1.807, 2.05) is 29.6 Å². The molecule has 2 heterocycles. The van der Waals surface area contributed by atoms with E-state index in [4.69, 9.17) is 5.10 Å². The van der Waals surface area contributed by atoms with Crippen LogP contribution in [-0.2, 0) is 6.42 Å². The summed E-state index contributed by atoms with van der Waals surface area (Å²) in [5.74, 6) is -0.0521. The SMILES string of the molecule is CCCCCCNC(=O)c1cnc2c(-c3ccccc3)c(C)nn2c1CCC. The molecule has 148 valence electrons. The van der Waals surface area contributed by atoms with Crippen LogP contribution in [0.3, 0.4) is 0 Å². The Bertz CT molecular complexity index is 931. The van der Waals surface area contributed by atoms with Crippen LogP contribution in [0.1, 0.15) is 67.7 Å². The Morgan fingerprint density at radius 1 is 1.07 bits per heavy atom. The molecule has 0 aliphatic heterocycles. The maximum Gasteiger partial charge on any atom is 0.254 e. The van der Waals surface area contributed by atoms with Crippen molar-refractivity contribution in [3.63, 3.8) is 0 Å². The highest BCUT2D eigenvalue weighted by Crippen LogP contribution is 2.28. The molecule has 1 amide bonds. The highest BCUT2D eigenvalue weighted by molar-refractivity contribution is 5.95. The Morgan fingerprint density at radius 2 is 1.86 bits per heavy atom. The molecule has 3 rings (SSSR count). The van der Waals surface area contributed by atoms with Crippen LogP contribution in [0.4, 0.5) is 0 Å². The number of hydrogen-bond donors (Lipinski definition) is 1. The van der Waals surface area contributed by atoms with Crippen molar-refractivity contribution in [1.82, 2.24) is 19.9 Å². The number of unbranched alkanes of at least 4 members (excludes halogenated alkanes) is 3. The van der Waals surface area contributed by atoms with Gasteiger partial charge in [-0.15, -0.1) is 0 Å². The van der Waals surface area contributed by atoms with Crippen molar-refractivity contribution in [2.24, 2.45) is 0 Å². The zero-order chi connectivity index (χ0) is 19.9. The van der Waals surface area contributed by atoms with Gasteiger partial charge < -0.3 is 5.32 Å². The summed E-state index contributed by atoms with van der Waals surface area (Å²) in [6, 6.07) is 10.2. The molecule has 0 unspecified atom stereocenters. The maximum absolute atomic E-state index is 12.8. The number of carbonyl (C=O) groups is 1. The smallest absolute Gasteiger partial charge is 0.254 e. The predicted molar refractivity (Wildman–Crippen MR) is 114 cm³/mol. The minimum absolute atomic E-state index is 0.0521. The molecule has 1 aromatic carbocycles. The van der Waals surface area contributed by atoms with E-state index < -0.39 is 0 Å². The Labute approximate surface area is 167 Å². The number of amides is 1. The molecule has 0 saturated heterocycles. The van der Waals surface area contributed by atoms with Crippen LogP contribution >= 0.6 is 0 Å². The summed E-state index contributed by atoms with van der Waals surface area (Å²) in [7, 11) is 0. The van der Waals surface area contributed by atoms with Gasteiger partial charge in [-0.3, -0.25) is 4.79 Å². The van der Waals surface area contributed by atoms with Gasteiger partial charge in [-0.1, -0.05) is 69.9 Å². The van der Waals surface area contributed by atoms with E-state index in [0.29, 0.717) is 12.1 Å². The number of nitrogens with one attached hydrogen (secondary N) is 1. The zero-order valence-corrected chi connectivity index (χ0v) is 17.2. The summed E-state index contributed by atoms with van der Waals surface area (Å²) in [5, 5.41) is 7.80. The van der Waals surface area contributed by atoms with E-state index in [0.717, 1.165) is 53.8 Å². The van der Waals surface area contributed by atoms with Gasteiger partial charge >= 0.3 is 0 Å². The standard InChI is InChI=1S/C23H30N4O/c1-4-6-7-11-15-24-23(28)19-16-25-22-21(18-13-9-8-10-14-18)17(3)26-27(22)20(19)12-5-2/h8-10,13-14,16H,4-7,11-12,15H2,1-3H3,(H,24,28). The van der Waals surface area contributed by atoms with Gasteiger partial charge in [-0.05, 0) is 25.3 Å². The van der Waals surface area contributed by atoms with Crippen molar-refractivity contribution in [1.29, 1.82) is 0 Å². The minimum Gasteiger partial charge on any atom is -0.352 e. The van der Waals surface area contributed by atoms with Crippen LogP contribution in [0.25, 0.3) is 16.8 Å². The molecule has 5 heteroatoms. The van der Waals surface area contributed by atoms with E-state index >= 15 is 0 Å². The highest BCUT2D eigenvalue weighted by Gasteiger charge is 2.20. The molecular formula is C23H30N4O. The first-order valence-corrected chi connectivity index (χ1v) is 10.4. The van der Waals surface area contributed by atoms with E-state index in [1.54, 1.807) is 6.20 Å². The molecule has 28 heavy (non-hydrogen) atoms. The molecule has 3 aromatic rings. The summed E-state index contributed by atoms with van der Waals surface area (Å²) in [6.07, 6.45) is 8.00. The Kier molecular flexibility index (Phi) is 6.80. The summed E-state index contributed by atoms with van der Waals surface area (Å²) in [5.41, 5.74) is 5.43. The van der Waals surface area contributed by atoms with Crippen molar-refractivity contribution in [2.75, 3.05) is 6.54 Å². The normalized spacial score (nSPS) is 11.1. The summed E-state index contributed by atoms with van der Waals surface area (Å²) in [4.78, 5) is 17.4. The lowest BCUT2D eigenvalue weighted by atomic mass is 10.1.